The molecule has 1 aromatic rings. The van der Waals surface area contributed by atoms with Crippen LogP contribution in [0.4, 0.5) is 0 Å². The lowest BCUT2D eigenvalue weighted by atomic mass is 9.94. The maximum absolute atomic E-state index is 11.6. The zero-order chi connectivity index (χ0) is 13.2. The number of rotatable bonds is 4. The van der Waals surface area contributed by atoms with E-state index in [2.05, 4.69) is 12.1 Å². The van der Waals surface area contributed by atoms with Gasteiger partial charge in [0, 0.05) is 5.92 Å². The van der Waals surface area contributed by atoms with Crippen LogP contribution in [0.1, 0.15) is 31.2 Å². The SMILES string of the molecule is COC(=O)C1=C(N=C(c2ccccc2)C2CC2)CC1. The quantitative estimate of drug-likeness (QED) is 0.612. The minimum atomic E-state index is -0.229. The summed E-state index contributed by atoms with van der Waals surface area (Å²) >= 11 is 0. The molecule has 0 N–H and O–H groups in total. The van der Waals surface area contributed by atoms with Crippen molar-refractivity contribution < 1.29 is 9.53 Å². The molecule has 0 amide bonds. The van der Waals surface area contributed by atoms with Crippen molar-refractivity contribution in [2.24, 2.45) is 10.9 Å². The molecule has 98 valence electrons. The van der Waals surface area contributed by atoms with Crippen LogP contribution >= 0.6 is 0 Å². The van der Waals surface area contributed by atoms with Gasteiger partial charge in [0.25, 0.3) is 0 Å². The number of methoxy groups -OCH3 is 1. The molecule has 0 bridgehead atoms. The highest BCUT2D eigenvalue weighted by molar-refractivity contribution is 6.04. The number of aliphatic imine (C=N–C) groups is 1. The average Bonchev–Trinajstić information content (AvgIpc) is 3.23. The highest BCUT2D eigenvalue weighted by atomic mass is 16.5. The number of hydrogen-bond donors (Lipinski definition) is 0. The normalized spacial score (nSPS) is 19.1. The first-order valence-corrected chi connectivity index (χ1v) is 6.74. The number of benzene rings is 1. The Bertz CT molecular complexity index is 553. The summed E-state index contributed by atoms with van der Waals surface area (Å²) < 4.78 is 4.78. The van der Waals surface area contributed by atoms with Crippen LogP contribution in [-0.4, -0.2) is 18.8 Å². The zero-order valence-corrected chi connectivity index (χ0v) is 11.1. The van der Waals surface area contributed by atoms with E-state index in [4.69, 9.17) is 9.73 Å². The molecule has 0 aliphatic heterocycles. The number of carbonyl (C=O) groups is 1. The number of esters is 1. The fourth-order valence-electron chi connectivity index (χ4n) is 2.33. The second-order valence-corrected chi connectivity index (χ2v) is 5.05. The molecule has 2 aliphatic carbocycles. The molecule has 0 unspecified atom stereocenters. The summed E-state index contributed by atoms with van der Waals surface area (Å²) in [7, 11) is 1.42. The highest BCUT2D eigenvalue weighted by Gasteiger charge is 2.31. The fraction of sp³-hybridized carbons (Fsp3) is 0.375. The Labute approximate surface area is 113 Å². The van der Waals surface area contributed by atoms with Crippen LogP contribution in [-0.2, 0) is 9.53 Å². The molecule has 1 fully saturated rings. The molecule has 0 heterocycles. The maximum Gasteiger partial charge on any atom is 0.335 e. The summed E-state index contributed by atoms with van der Waals surface area (Å²) in [5.74, 6) is 0.336. The summed E-state index contributed by atoms with van der Waals surface area (Å²) in [6.07, 6.45) is 4.08. The molecule has 3 nitrogen and oxygen atoms in total. The topological polar surface area (TPSA) is 38.7 Å². The van der Waals surface area contributed by atoms with Crippen molar-refractivity contribution in [3.63, 3.8) is 0 Å². The lowest BCUT2D eigenvalue weighted by Gasteiger charge is -2.19. The Morgan fingerprint density at radius 3 is 2.47 bits per heavy atom. The van der Waals surface area contributed by atoms with Crippen molar-refractivity contribution in [1.82, 2.24) is 0 Å². The number of ether oxygens (including phenoxy) is 1. The van der Waals surface area contributed by atoms with Crippen LogP contribution in [0.25, 0.3) is 0 Å². The summed E-state index contributed by atoms with van der Waals surface area (Å²) in [5.41, 5.74) is 3.97. The molecule has 3 rings (SSSR count). The van der Waals surface area contributed by atoms with Crippen molar-refractivity contribution in [3.8, 4) is 0 Å². The average molecular weight is 255 g/mol. The molecular formula is C16H17NO2. The van der Waals surface area contributed by atoms with Gasteiger partial charge in [-0.25, -0.2) is 4.79 Å². The Morgan fingerprint density at radius 1 is 1.21 bits per heavy atom. The van der Waals surface area contributed by atoms with Crippen molar-refractivity contribution in [1.29, 1.82) is 0 Å². The largest absolute Gasteiger partial charge is 0.466 e. The Morgan fingerprint density at radius 2 is 1.95 bits per heavy atom. The van der Waals surface area contributed by atoms with Crippen LogP contribution in [0.2, 0.25) is 0 Å². The number of nitrogens with zero attached hydrogens (tertiary/aromatic N) is 1. The van der Waals surface area contributed by atoms with Gasteiger partial charge in [0.1, 0.15) is 0 Å². The van der Waals surface area contributed by atoms with Gasteiger partial charge in [0.05, 0.1) is 24.1 Å². The minimum absolute atomic E-state index is 0.229. The van der Waals surface area contributed by atoms with Crippen molar-refractivity contribution in [3.05, 3.63) is 47.2 Å². The molecule has 0 spiro atoms. The smallest absolute Gasteiger partial charge is 0.335 e. The van der Waals surface area contributed by atoms with E-state index in [0.29, 0.717) is 5.92 Å². The van der Waals surface area contributed by atoms with Crippen LogP contribution in [0, 0.1) is 5.92 Å². The van der Waals surface area contributed by atoms with E-state index in [9.17, 15) is 4.79 Å². The third-order valence-electron chi connectivity index (χ3n) is 3.68. The molecule has 1 aromatic carbocycles. The van der Waals surface area contributed by atoms with Gasteiger partial charge in [-0.3, -0.25) is 4.99 Å². The molecule has 19 heavy (non-hydrogen) atoms. The molecule has 0 atom stereocenters. The van der Waals surface area contributed by atoms with Crippen LogP contribution in [0.15, 0.2) is 46.6 Å². The van der Waals surface area contributed by atoms with E-state index in [1.807, 2.05) is 18.2 Å². The third kappa shape index (κ3) is 2.46. The first-order valence-electron chi connectivity index (χ1n) is 6.74. The molecule has 0 saturated heterocycles. The van der Waals surface area contributed by atoms with Gasteiger partial charge in [-0.15, -0.1) is 0 Å². The van der Waals surface area contributed by atoms with Gasteiger partial charge in [-0.05, 0) is 31.2 Å². The van der Waals surface area contributed by atoms with E-state index < -0.39 is 0 Å². The highest BCUT2D eigenvalue weighted by Crippen LogP contribution is 2.37. The Kier molecular flexibility index (Phi) is 3.20. The maximum atomic E-state index is 11.6. The van der Waals surface area contributed by atoms with E-state index in [1.165, 1.54) is 25.5 Å². The van der Waals surface area contributed by atoms with Crippen molar-refractivity contribution >= 4 is 11.7 Å². The molecule has 0 radical (unpaired) electrons. The van der Waals surface area contributed by atoms with Crippen molar-refractivity contribution in [2.75, 3.05) is 7.11 Å². The standard InChI is InChI=1S/C16H17NO2/c1-19-16(18)13-9-10-14(13)17-15(12-7-8-12)11-5-3-2-4-6-11/h2-6,12H,7-10H2,1H3. The third-order valence-corrected chi connectivity index (χ3v) is 3.68. The van der Waals surface area contributed by atoms with Gasteiger partial charge in [-0.1, -0.05) is 30.3 Å². The fourth-order valence-corrected chi connectivity index (χ4v) is 2.33. The van der Waals surface area contributed by atoms with E-state index >= 15 is 0 Å². The molecule has 1 saturated carbocycles. The molecule has 3 heteroatoms. The van der Waals surface area contributed by atoms with Gasteiger partial charge in [-0.2, -0.15) is 0 Å². The van der Waals surface area contributed by atoms with Crippen LogP contribution in [0.3, 0.4) is 0 Å². The second kappa shape index (κ2) is 5.00. The molecular weight excluding hydrogens is 238 g/mol. The molecule has 0 aromatic heterocycles. The predicted molar refractivity (Wildman–Crippen MR) is 74.0 cm³/mol. The lowest BCUT2D eigenvalue weighted by molar-refractivity contribution is -0.136. The van der Waals surface area contributed by atoms with Crippen LogP contribution < -0.4 is 0 Å². The number of allylic oxidation sites excluding steroid dienone is 1. The second-order valence-electron chi connectivity index (χ2n) is 5.05. The first kappa shape index (κ1) is 12.2. The summed E-state index contributed by atoms with van der Waals surface area (Å²) in [6, 6.07) is 10.3. The van der Waals surface area contributed by atoms with Gasteiger partial charge >= 0.3 is 5.97 Å². The number of carbonyl (C=O) groups excluding carboxylic acids is 1. The predicted octanol–water partition coefficient (Wildman–Crippen LogP) is 3.11. The van der Waals surface area contributed by atoms with Crippen molar-refractivity contribution in [2.45, 2.75) is 25.7 Å². The Balaban J connectivity index is 1.93. The van der Waals surface area contributed by atoms with Gasteiger partial charge in [0.15, 0.2) is 0 Å². The zero-order valence-electron chi connectivity index (χ0n) is 11.1. The van der Waals surface area contributed by atoms with E-state index in [0.717, 1.165) is 29.8 Å². The summed E-state index contributed by atoms with van der Waals surface area (Å²) in [4.78, 5) is 16.3. The van der Waals surface area contributed by atoms with Crippen LogP contribution in [0.5, 0.6) is 0 Å². The van der Waals surface area contributed by atoms with E-state index in [-0.39, 0.29) is 5.97 Å². The Hall–Kier alpha value is -1.90. The van der Waals surface area contributed by atoms with E-state index in [1.54, 1.807) is 0 Å². The lowest BCUT2D eigenvalue weighted by Crippen LogP contribution is -2.16. The minimum Gasteiger partial charge on any atom is -0.466 e. The summed E-state index contributed by atoms with van der Waals surface area (Å²) in [5, 5.41) is 0. The van der Waals surface area contributed by atoms with Gasteiger partial charge < -0.3 is 4.74 Å². The van der Waals surface area contributed by atoms with Gasteiger partial charge in [0.2, 0.25) is 0 Å². The monoisotopic (exact) mass is 255 g/mol. The first-order chi connectivity index (χ1) is 9.29. The summed E-state index contributed by atoms with van der Waals surface area (Å²) in [6.45, 7) is 0. The number of hydrogen-bond acceptors (Lipinski definition) is 3. The molecule has 2 aliphatic rings.